The fourth-order valence-corrected chi connectivity index (χ4v) is 4.92. The van der Waals surface area contributed by atoms with E-state index in [1.54, 1.807) is 6.07 Å². The maximum absolute atomic E-state index is 13.4. The molecule has 9 nitrogen and oxygen atoms in total. The third kappa shape index (κ3) is 5.01. The minimum absolute atomic E-state index is 0.0187. The molecule has 2 N–H and O–H groups in total. The van der Waals surface area contributed by atoms with Crippen LogP contribution in [0.15, 0.2) is 34.7 Å². The highest BCUT2D eigenvalue weighted by molar-refractivity contribution is 14.1. The Bertz CT molecular complexity index is 1290. The van der Waals surface area contributed by atoms with E-state index in [0.717, 1.165) is 10.6 Å². The summed E-state index contributed by atoms with van der Waals surface area (Å²) in [5, 5.41) is 11.8. The summed E-state index contributed by atoms with van der Waals surface area (Å²) in [6, 6.07) is 6.95. The van der Waals surface area contributed by atoms with E-state index in [9.17, 15) is 22.4 Å². The maximum Gasteiger partial charge on any atom is 0.303 e. The second-order valence-electron chi connectivity index (χ2n) is 6.87. The van der Waals surface area contributed by atoms with E-state index in [1.807, 2.05) is 22.6 Å². The molecular weight excluding hydrogens is 556 g/mol. The lowest BCUT2D eigenvalue weighted by Gasteiger charge is -2.22. The first-order chi connectivity index (χ1) is 15.0. The summed E-state index contributed by atoms with van der Waals surface area (Å²) in [5.41, 5.74) is 0.647. The zero-order chi connectivity index (χ0) is 23.6. The summed E-state index contributed by atoms with van der Waals surface area (Å²) < 4.78 is 45.4. The fourth-order valence-electron chi connectivity index (χ4n) is 3.12. The van der Waals surface area contributed by atoms with Gasteiger partial charge < -0.3 is 14.8 Å². The van der Waals surface area contributed by atoms with Crippen LogP contribution in [0, 0.1) is 9.39 Å². The highest BCUT2D eigenvalue weighted by Gasteiger charge is 2.27. The first kappa shape index (κ1) is 23.9. The van der Waals surface area contributed by atoms with Crippen LogP contribution in [0.25, 0.3) is 22.4 Å². The number of anilines is 1. The lowest BCUT2D eigenvalue weighted by atomic mass is 10.1. The van der Waals surface area contributed by atoms with Gasteiger partial charge in [-0.15, -0.1) is 0 Å². The molecule has 0 fully saturated rings. The number of sulfonamides is 1. The Hall–Kier alpha value is -2.74. The summed E-state index contributed by atoms with van der Waals surface area (Å²) in [7, 11) is -2.32. The SMILES string of the molecule is CNC(=O)c1c(-c2ccc(F)cc2)oc2nc(N(CCCC(=O)O)S(C)(=O)=O)c(I)cc12. The second-order valence-corrected chi connectivity index (χ2v) is 9.94. The van der Waals surface area contributed by atoms with E-state index < -0.39 is 27.7 Å². The molecule has 0 spiro atoms. The van der Waals surface area contributed by atoms with Gasteiger partial charge in [0.25, 0.3) is 5.91 Å². The van der Waals surface area contributed by atoms with E-state index in [1.165, 1.54) is 31.3 Å². The zero-order valence-corrected chi connectivity index (χ0v) is 20.0. The average Bonchev–Trinajstić information content (AvgIpc) is 3.08. The molecule has 1 aromatic carbocycles. The van der Waals surface area contributed by atoms with Crippen molar-refractivity contribution in [2.45, 2.75) is 12.8 Å². The predicted molar refractivity (Wildman–Crippen MR) is 125 cm³/mol. The summed E-state index contributed by atoms with van der Waals surface area (Å²) in [6.07, 6.45) is 0.875. The molecule has 0 aliphatic rings. The van der Waals surface area contributed by atoms with E-state index in [2.05, 4.69) is 10.3 Å². The van der Waals surface area contributed by atoms with E-state index in [-0.39, 0.29) is 42.2 Å². The second kappa shape index (κ2) is 9.40. The number of benzene rings is 1. The van der Waals surface area contributed by atoms with Crippen molar-refractivity contribution in [3.05, 3.63) is 45.3 Å². The number of pyridine rings is 1. The number of fused-ring (bicyclic) bond motifs is 1. The highest BCUT2D eigenvalue weighted by atomic mass is 127. The molecule has 3 rings (SSSR count). The lowest BCUT2D eigenvalue weighted by molar-refractivity contribution is -0.137. The minimum atomic E-state index is -3.78. The number of furan rings is 1. The van der Waals surface area contributed by atoms with Crippen molar-refractivity contribution in [1.82, 2.24) is 10.3 Å². The number of aliphatic carboxylic acids is 1. The predicted octanol–water partition coefficient (Wildman–Crippen LogP) is 3.23. The van der Waals surface area contributed by atoms with Gasteiger partial charge in [0.05, 0.1) is 20.8 Å². The van der Waals surface area contributed by atoms with Gasteiger partial charge in [0, 0.05) is 25.6 Å². The van der Waals surface area contributed by atoms with Crippen molar-refractivity contribution in [1.29, 1.82) is 0 Å². The summed E-state index contributed by atoms with van der Waals surface area (Å²) in [4.78, 5) is 27.8. The van der Waals surface area contributed by atoms with E-state index in [0.29, 0.717) is 14.5 Å². The van der Waals surface area contributed by atoms with Crippen molar-refractivity contribution < 1.29 is 31.9 Å². The van der Waals surface area contributed by atoms with Gasteiger partial charge in [-0.25, -0.2) is 12.8 Å². The van der Waals surface area contributed by atoms with Gasteiger partial charge >= 0.3 is 5.97 Å². The first-order valence-electron chi connectivity index (χ1n) is 9.33. The Morgan fingerprint density at radius 1 is 1.28 bits per heavy atom. The summed E-state index contributed by atoms with van der Waals surface area (Å²) in [6.45, 7) is -0.0898. The number of rotatable bonds is 8. The average molecular weight is 575 g/mol. The molecule has 0 radical (unpaired) electrons. The lowest BCUT2D eigenvalue weighted by Crippen LogP contribution is -2.32. The number of carbonyl (C=O) groups excluding carboxylic acids is 1. The van der Waals surface area contributed by atoms with Crippen molar-refractivity contribution in [2.75, 3.05) is 24.2 Å². The van der Waals surface area contributed by atoms with Crippen LogP contribution >= 0.6 is 22.6 Å². The quantitative estimate of drug-likeness (QED) is 0.395. The van der Waals surface area contributed by atoms with Gasteiger partial charge in [0.1, 0.15) is 11.6 Å². The van der Waals surface area contributed by atoms with Gasteiger partial charge in [-0.3, -0.25) is 13.9 Å². The number of nitrogens with zero attached hydrogens (tertiary/aromatic N) is 2. The zero-order valence-electron chi connectivity index (χ0n) is 17.1. The normalized spacial score (nSPS) is 11.5. The number of carboxylic acids is 1. The Morgan fingerprint density at radius 3 is 2.50 bits per heavy atom. The van der Waals surface area contributed by atoms with Crippen LogP contribution in [0.1, 0.15) is 23.2 Å². The molecule has 0 unspecified atom stereocenters. The highest BCUT2D eigenvalue weighted by Crippen LogP contribution is 2.36. The molecular formula is C20H19FIN3O6S. The number of halogens is 2. The van der Waals surface area contributed by atoms with Gasteiger partial charge in [-0.05, 0) is 59.3 Å². The number of aromatic nitrogens is 1. The number of carbonyl (C=O) groups is 2. The molecule has 32 heavy (non-hydrogen) atoms. The molecule has 2 aromatic heterocycles. The molecule has 170 valence electrons. The minimum Gasteiger partial charge on any atom is -0.481 e. The summed E-state index contributed by atoms with van der Waals surface area (Å²) >= 11 is 1.90. The third-order valence-corrected chi connectivity index (χ3v) is 6.52. The first-order valence-corrected chi connectivity index (χ1v) is 12.3. The van der Waals surface area contributed by atoms with E-state index in [4.69, 9.17) is 9.52 Å². The van der Waals surface area contributed by atoms with Crippen LogP contribution in [0.2, 0.25) is 0 Å². The van der Waals surface area contributed by atoms with Crippen LogP contribution in [-0.4, -0.2) is 50.2 Å². The van der Waals surface area contributed by atoms with Crippen molar-refractivity contribution in [3.63, 3.8) is 0 Å². The van der Waals surface area contributed by atoms with Crippen molar-refractivity contribution in [3.8, 4) is 11.3 Å². The van der Waals surface area contributed by atoms with Gasteiger partial charge in [-0.1, -0.05) is 0 Å². The Morgan fingerprint density at radius 2 is 1.94 bits per heavy atom. The molecule has 0 aliphatic heterocycles. The van der Waals surface area contributed by atoms with Gasteiger partial charge in [0.15, 0.2) is 5.82 Å². The standard InChI is InChI=1S/C20H19FIN3O6S/c1-23-19(28)16-13-10-14(22)18(25(32(2,29)30)9-3-4-15(26)27)24-20(13)31-17(16)11-5-7-12(21)8-6-11/h5-8,10H,3-4,9H2,1-2H3,(H,23,28)(H,26,27). The number of hydrogen-bond donors (Lipinski definition) is 2. The number of nitrogens with one attached hydrogen (secondary N) is 1. The van der Waals surface area contributed by atoms with Crippen LogP contribution in [0.4, 0.5) is 10.2 Å². The summed E-state index contributed by atoms with van der Waals surface area (Å²) in [5.74, 6) is -1.71. The Kier molecular flexibility index (Phi) is 7.03. The number of amides is 1. The number of hydrogen-bond acceptors (Lipinski definition) is 6. The molecule has 1 amide bonds. The third-order valence-electron chi connectivity index (χ3n) is 4.57. The van der Waals surface area contributed by atoms with Gasteiger partial charge in [-0.2, -0.15) is 4.98 Å². The Labute approximate surface area is 196 Å². The molecule has 0 aliphatic carbocycles. The van der Waals surface area contributed by atoms with Crippen molar-refractivity contribution >= 4 is 61.4 Å². The Balaban J connectivity index is 2.19. The molecule has 12 heteroatoms. The van der Waals surface area contributed by atoms with Crippen LogP contribution in [-0.2, 0) is 14.8 Å². The number of carboxylic acid groups (broad SMARTS) is 1. The molecule has 0 saturated heterocycles. The molecule has 2 heterocycles. The van der Waals surface area contributed by atoms with Crippen LogP contribution in [0.5, 0.6) is 0 Å². The molecule has 0 saturated carbocycles. The largest absolute Gasteiger partial charge is 0.481 e. The topological polar surface area (TPSA) is 130 Å². The van der Waals surface area contributed by atoms with E-state index >= 15 is 0 Å². The monoisotopic (exact) mass is 575 g/mol. The van der Waals surface area contributed by atoms with Crippen LogP contribution < -0.4 is 9.62 Å². The van der Waals surface area contributed by atoms with Crippen LogP contribution in [0.3, 0.4) is 0 Å². The maximum atomic E-state index is 13.4. The fraction of sp³-hybridized carbons (Fsp3) is 0.250. The molecule has 0 atom stereocenters. The van der Waals surface area contributed by atoms with Gasteiger partial charge in [0.2, 0.25) is 15.7 Å². The molecule has 0 bridgehead atoms. The smallest absolute Gasteiger partial charge is 0.303 e. The van der Waals surface area contributed by atoms with Crippen molar-refractivity contribution in [2.24, 2.45) is 0 Å². The molecule has 3 aromatic rings.